The van der Waals surface area contributed by atoms with E-state index >= 15 is 0 Å². The third-order valence-corrected chi connectivity index (χ3v) is 1.86. The Bertz CT molecular complexity index is 472. The minimum atomic E-state index is -0.827. The van der Waals surface area contributed by atoms with Crippen molar-refractivity contribution < 1.29 is 14.8 Å². The monoisotopic (exact) mass is 238 g/mol. The highest BCUT2D eigenvalue weighted by molar-refractivity contribution is 5.73. The highest BCUT2D eigenvalue weighted by atomic mass is 16.6. The molecule has 0 bridgehead atoms. The van der Waals surface area contributed by atoms with Crippen LogP contribution in [0.2, 0.25) is 0 Å². The number of nitrogens with one attached hydrogen (secondary N) is 1. The summed E-state index contributed by atoms with van der Waals surface area (Å²) >= 11 is 0. The van der Waals surface area contributed by atoms with Crippen molar-refractivity contribution in [2.75, 3.05) is 0 Å². The summed E-state index contributed by atoms with van der Waals surface area (Å²) < 4.78 is 0. The van der Waals surface area contributed by atoms with Gasteiger partial charge in [0.25, 0.3) is 0 Å². The first-order chi connectivity index (χ1) is 8.02. The van der Waals surface area contributed by atoms with Gasteiger partial charge in [-0.15, -0.1) is 0 Å². The number of urea groups is 1. The lowest BCUT2D eigenvalue weighted by atomic mass is 10.1. The van der Waals surface area contributed by atoms with Gasteiger partial charge in [-0.2, -0.15) is 5.10 Å². The van der Waals surface area contributed by atoms with Crippen LogP contribution in [-0.4, -0.2) is 22.3 Å². The predicted molar refractivity (Wildman–Crippen MR) is 59.7 cm³/mol. The Morgan fingerprint density at radius 2 is 2.35 bits per heavy atom. The van der Waals surface area contributed by atoms with Crippen molar-refractivity contribution in [2.24, 2.45) is 10.8 Å². The number of amides is 2. The van der Waals surface area contributed by atoms with Crippen molar-refractivity contribution in [1.29, 1.82) is 0 Å². The molecule has 0 atom stereocenters. The number of benzene rings is 1. The highest BCUT2D eigenvalue weighted by Gasteiger charge is 2.17. The van der Waals surface area contributed by atoms with Crippen molar-refractivity contribution in [3.8, 4) is 5.75 Å². The summed E-state index contributed by atoms with van der Waals surface area (Å²) in [6.45, 7) is 0. The van der Waals surface area contributed by atoms with Crippen LogP contribution in [0.15, 0.2) is 23.3 Å². The molecule has 0 saturated heterocycles. The molecule has 0 aliphatic rings. The number of rotatable bonds is 4. The molecule has 0 radical (unpaired) electrons. The number of nitrogens with two attached hydrogens (primary N) is 1. The molecule has 0 aliphatic heterocycles. The molecule has 0 heterocycles. The lowest BCUT2D eigenvalue weighted by Crippen LogP contribution is -2.24. The molecule has 0 aliphatic carbocycles. The van der Waals surface area contributed by atoms with Gasteiger partial charge in [0.1, 0.15) is 0 Å². The Morgan fingerprint density at radius 1 is 1.65 bits per heavy atom. The lowest BCUT2D eigenvalue weighted by molar-refractivity contribution is -0.386. The Morgan fingerprint density at radius 3 is 2.94 bits per heavy atom. The Kier molecular flexibility index (Phi) is 3.98. The fourth-order valence-electron chi connectivity index (χ4n) is 1.21. The van der Waals surface area contributed by atoms with Crippen LogP contribution in [0.25, 0.3) is 0 Å². The first-order valence-corrected chi connectivity index (χ1v) is 4.54. The Balaban J connectivity index is 2.84. The molecule has 90 valence electrons. The molecule has 8 nitrogen and oxygen atoms in total. The van der Waals surface area contributed by atoms with Crippen molar-refractivity contribution >= 4 is 17.9 Å². The number of phenols is 1. The minimum Gasteiger partial charge on any atom is -0.502 e. The third-order valence-electron chi connectivity index (χ3n) is 1.86. The fourth-order valence-corrected chi connectivity index (χ4v) is 1.21. The molecule has 1 aromatic rings. The molecule has 17 heavy (non-hydrogen) atoms. The molecule has 8 heteroatoms. The first-order valence-electron chi connectivity index (χ1n) is 4.54. The van der Waals surface area contributed by atoms with Crippen molar-refractivity contribution in [3.05, 3.63) is 33.9 Å². The largest absolute Gasteiger partial charge is 0.502 e. The zero-order chi connectivity index (χ0) is 12.8. The average molecular weight is 238 g/mol. The fraction of sp³-hybridized carbons (Fsp3) is 0.111. The van der Waals surface area contributed by atoms with Crippen LogP contribution >= 0.6 is 0 Å². The normalized spacial score (nSPS) is 10.4. The summed E-state index contributed by atoms with van der Waals surface area (Å²) in [4.78, 5) is 20.3. The smallest absolute Gasteiger partial charge is 0.332 e. The van der Waals surface area contributed by atoms with Gasteiger partial charge in [-0.1, -0.05) is 12.1 Å². The van der Waals surface area contributed by atoms with Crippen LogP contribution in [0.5, 0.6) is 5.75 Å². The number of phenolic OH excluding ortho intramolecular Hbond substituents is 1. The number of hydrogen-bond acceptors (Lipinski definition) is 5. The number of hydrogen-bond donors (Lipinski definition) is 3. The first kappa shape index (κ1) is 12.4. The molecular weight excluding hydrogens is 228 g/mol. The second kappa shape index (κ2) is 5.45. The highest BCUT2D eigenvalue weighted by Crippen LogP contribution is 2.29. The number of para-hydroxylation sites is 1. The van der Waals surface area contributed by atoms with Crippen LogP contribution in [0, 0.1) is 10.1 Å². The summed E-state index contributed by atoms with van der Waals surface area (Å²) in [5.41, 5.74) is 6.62. The summed E-state index contributed by atoms with van der Waals surface area (Å²) in [6.07, 6.45) is 1.33. The number of primary amides is 1. The zero-order valence-corrected chi connectivity index (χ0v) is 8.66. The van der Waals surface area contributed by atoms with E-state index in [1.54, 1.807) is 0 Å². The summed E-state index contributed by atoms with van der Waals surface area (Å²) in [5.74, 6) is -0.413. The number of nitro groups is 1. The molecule has 0 spiro atoms. The van der Waals surface area contributed by atoms with Crippen LogP contribution in [-0.2, 0) is 6.42 Å². The predicted octanol–water partition coefficient (Wildman–Crippen LogP) is 0.497. The van der Waals surface area contributed by atoms with Gasteiger partial charge in [0.2, 0.25) is 0 Å². The number of nitrogens with zero attached hydrogens (tertiary/aromatic N) is 2. The number of carbonyl (C=O) groups is 1. The standard InChI is InChI=1S/C9H10N4O4/c10-9(15)12-11-5-4-6-2-1-3-7(14)8(6)13(16)17/h1-3,5,14H,4H2,(H3,10,12,15)/b11-5+. The third kappa shape index (κ3) is 3.45. The van der Waals surface area contributed by atoms with Crippen molar-refractivity contribution in [2.45, 2.75) is 6.42 Å². The molecule has 0 fully saturated rings. The quantitative estimate of drug-likeness (QED) is 0.400. The summed E-state index contributed by atoms with van der Waals surface area (Å²) in [7, 11) is 0. The zero-order valence-electron chi connectivity index (χ0n) is 8.66. The maximum absolute atomic E-state index is 10.7. The van der Waals surface area contributed by atoms with E-state index in [1.807, 2.05) is 5.43 Å². The SMILES string of the molecule is NC(=O)N/N=C/Cc1cccc(O)c1[N+](=O)[O-]. The number of aromatic hydroxyl groups is 1. The van der Waals surface area contributed by atoms with E-state index in [4.69, 9.17) is 5.73 Å². The van der Waals surface area contributed by atoms with Gasteiger partial charge in [-0.25, -0.2) is 10.2 Å². The van der Waals surface area contributed by atoms with E-state index < -0.39 is 16.7 Å². The number of hydrazone groups is 1. The van der Waals surface area contributed by atoms with Gasteiger partial charge in [-0.3, -0.25) is 10.1 Å². The van der Waals surface area contributed by atoms with Gasteiger partial charge in [0.05, 0.1) is 4.92 Å². The van der Waals surface area contributed by atoms with E-state index in [1.165, 1.54) is 24.4 Å². The van der Waals surface area contributed by atoms with Crippen molar-refractivity contribution in [3.63, 3.8) is 0 Å². The molecular formula is C9H10N4O4. The van der Waals surface area contributed by atoms with E-state index in [0.29, 0.717) is 0 Å². The van der Waals surface area contributed by atoms with Gasteiger partial charge < -0.3 is 10.8 Å². The molecule has 2 amide bonds. The van der Waals surface area contributed by atoms with Gasteiger partial charge in [-0.05, 0) is 6.07 Å². The number of carbonyl (C=O) groups excluding carboxylic acids is 1. The van der Waals surface area contributed by atoms with E-state index in [-0.39, 0.29) is 17.7 Å². The maximum atomic E-state index is 10.7. The molecule has 1 aromatic carbocycles. The summed E-state index contributed by atoms with van der Waals surface area (Å²) in [6, 6.07) is 3.35. The molecule has 4 N–H and O–H groups in total. The molecule has 0 saturated carbocycles. The second-order valence-corrected chi connectivity index (χ2v) is 3.03. The minimum absolute atomic E-state index is 0.0883. The van der Waals surface area contributed by atoms with E-state index in [0.717, 1.165) is 0 Å². The topological polar surface area (TPSA) is 131 Å². The average Bonchev–Trinajstić information content (AvgIpc) is 2.23. The number of nitro benzene ring substituents is 1. The van der Waals surface area contributed by atoms with Gasteiger partial charge in [0, 0.05) is 18.2 Å². The molecule has 0 unspecified atom stereocenters. The van der Waals surface area contributed by atoms with Crippen LogP contribution in [0.1, 0.15) is 5.56 Å². The lowest BCUT2D eigenvalue weighted by Gasteiger charge is -2.01. The van der Waals surface area contributed by atoms with Crippen LogP contribution < -0.4 is 11.2 Å². The maximum Gasteiger partial charge on any atom is 0.332 e. The Hall–Kier alpha value is -2.64. The summed E-state index contributed by atoms with van der Waals surface area (Å²) in [5, 5.41) is 23.5. The molecule has 0 aromatic heterocycles. The van der Waals surface area contributed by atoms with Gasteiger partial charge in [0.15, 0.2) is 5.75 Å². The Labute approximate surface area is 95.9 Å². The van der Waals surface area contributed by atoms with Crippen LogP contribution in [0.3, 0.4) is 0 Å². The van der Waals surface area contributed by atoms with Gasteiger partial charge >= 0.3 is 11.7 Å². The molecule has 1 rings (SSSR count). The van der Waals surface area contributed by atoms with E-state index in [9.17, 15) is 20.0 Å². The second-order valence-electron chi connectivity index (χ2n) is 3.03. The van der Waals surface area contributed by atoms with E-state index in [2.05, 4.69) is 5.10 Å². The van der Waals surface area contributed by atoms with Crippen molar-refractivity contribution in [1.82, 2.24) is 5.43 Å². The van der Waals surface area contributed by atoms with Crippen LogP contribution in [0.4, 0.5) is 10.5 Å².